The van der Waals surface area contributed by atoms with Crippen LogP contribution in [0.4, 0.5) is 11.8 Å². The monoisotopic (exact) mass is 329 g/mol. The van der Waals surface area contributed by atoms with Gasteiger partial charge in [-0.05, 0) is 0 Å². The number of aromatic nitrogens is 6. The number of β-amino-alcohol motifs (C(OH)–C–C–N with tert-alkyl or cyclic N) is 1. The SMILES string of the molecule is Nc1nc(N2CCN(Cc3cnc[nH]3)CC(O)C2)c2cn[nH]c2n1. The van der Waals surface area contributed by atoms with Crippen LogP contribution in [0.3, 0.4) is 0 Å². The summed E-state index contributed by atoms with van der Waals surface area (Å²) in [5.41, 5.74) is 7.43. The number of H-pyrrole nitrogens is 2. The topological polar surface area (TPSA) is 136 Å². The van der Waals surface area contributed by atoms with E-state index in [0.29, 0.717) is 24.6 Å². The van der Waals surface area contributed by atoms with Crippen molar-refractivity contribution in [1.82, 2.24) is 35.0 Å². The van der Waals surface area contributed by atoms with Crippen LogP contribution in [0.15, 0.2) is 18.7 Å². The minimum Gasteiger partial charge on any atom is -0.390 e. The Balaban J connectivity index is 1.57. The molecular weight excluding hydrogens is 310 g/mol. The molecule has 3 aromatic rings. The van der Waals surface area contributed by atoms with Crippen molar-refractivity contribution in [3.8, 4) is 0 Å². The van der Waals surface area contributed by atoms with Crippen LogP contribution in [0, 0.1) is 0 Å². The summed E-state index contributed by atoms with van der Waals surface area (Å²) < 4.78 is 0. The summed E-state index contributed by atoms with van der Waals surface area (Å²) in [6.07, 6.45) is 4.65. The van der Waals surface area contributed by atoms with Crippen LogP contribution in [0.25, 0.3) is 11.0 Å². The fourth-order valence-corrected chi connectivity index (χ4v) is 3.08. The van der Waals surface area contributed by atoms with Crippen LogP contribution < -0.4 is 10.6 Å². The molecule has 4 rings (SSSR count). The maximum atomic E-state index is 10.4. The van der Waals surface area contributed by atoms with Crippen molar-refractivity contribution in [2.75, 3.05) is 36.8 Å². The van der Waals surface area contributed by atoms with Crippen molar-refractivity contribution >= 4 is 22.8 Å². The zero-order valence-corrected chi connectivity index (χ0v) is 13.1. The molecule has 0 aromatic carbocycles. The molecule has 1 atom stereocenters. The summed E-state index contributed by atoms with van der Waals surface area (Å²) >= 11 is 0. The molecule has 0 aliphatic carbocycles. The number of aliphatic hydroxyl groups excluding tert-OH is 1. The molecule has 24 heavy (non-hydrogen) atoms. The minimum atomic E-state index is -0.492. The third-order valence-corrected chi connectivity index (χ3v) is 4.14. The normalized spacial score (nSPS) is 19.7. The second kappa shape index (κ2) is 6.06. The van der Waals surface area contributed by atoms with Gasteiger partial charge in [-0.15, -0.1) is 0 Å². The van der Waals surface area contributed by atoms with Crippen LogP contribution in [0.5, 0.6) is 0 Å². The Morgan fingerprint density at radius 3 is 3.00 bits per heavy atom. The van der Waals surface area contributed by atoms with E-state index >= 15 is 0 Å². The number of hydrogen-bond acceptors (Lipinski definition) is 8. The standard InChI is InChI=1S/C14H19N9O/c15-14-19-12-11(4-18-21-12)13(20-14)23-2-1-22(6-10(24)7-23)5-9-3-16-8-17-9/h3-4,8,10,24H,1-2,5-7H2,(H,16,17)(H3,15,18,19,20,21). The number of rotatable bonds is 3. The van der Waals surface area contributed by atoms with Gasteiger partial charge in [0.2, 0.25) is 5.95 Å². The molecule has 10 heteroatoms. The third kappa shape index (κ3) is 2.88. The Hall–Kier alpha value is -2.72. The molecule has 0 amide bonds. The maximum Gasteiger partial charge on any atom is 0.224 e. The molecule has 1 unspecified atom stereocenters. The Kier molecular flexibility index (Phi) is 3.75. The number of nitrogens with two attached hydrogens (primary N) is 1. The van der Waals surface area contributed by atoms with Gasteiger partial charge in [0.1, 0.15) is 5.82 Å². The molecule has 1 saturated heterocycles. The van der Waals surface area contributed by atoms with E-state index in [2.05, 4.69) is 35.0 Å². The quantitative estimate of drug-likeness (QED) is 0.497. The van der Waals surface area contributed by atoms with Crippen LogP contribution >= 0.6 is 0 Å². The molecule has 0 saturated carbocycles. The van der Waals surface area contributed by atoms with Gasteiger partial charge in [0.25, 0.3) is 0 Å². The van der Waals surface area contributed by atoms with Crippen LogP contribution in [-0.2, 0) is 6.54 Å². The predicted molar refractivity (Wildman–Crippen MR) is 88.2 cm³/mol. The van der Waals surface area contributed by atoms with Gasteiger partial charge in [-0.25, -0.2) is 4.98 Å². The smallest absolute Gasteiger partial charge is 0.224 e. The number of fused-ring (bicyclic) bond motifs is 1. The summed E-state index contributed by atoms with van der Waals surface area (Å²) in [6.45, 7) is 3.31. The zero-order chi connectivity index (χ0) is 16.5. The van der Waals surface area contributed by atoms with Crippen molar-refractivity contribution in [2.45, 2.75) is 12.6 Å². The third-order valence-electron chi connectivity index (χ3n) is 4.14. The second-order valence-electron chi connectivity index (χ2n) is 5.95. The number of nitrogen functional groups attached to an aromatic ring is 1. The second-order valence-corrected chi connectivity index (χ2v) is 5.95. The van der Waals surface area contributed by atoms with E-state index < -0.39 is 6.10 Å². The number of nitrogens with zero attached hydrogens (tertiary/aromatic N) is 6. The number of anilines is 2. The van der Waals surface area contributed by atoms with E-state index in [4.69, 9.17) is 5.73 Å². The lowest BCUT2D eigenvalue weighted by molar-refractivity contribution is 0.128. The molecular formula is C14H19N9O. The fraction of sp³-hybridized carbons (Fsp3) is 0.429. The molecule has 10 nitrogen and oxygen atoms in total. The van der Waals surface area contributed by atoms with Crippen LogP contribution in [0.1, 0.15) is 5.69 Å². The summed E-state index contributed by atoms with van der Waals surface area (Å²) in [5.74, 6) is 0.892. The van der Waals surface area contributed by atoms with Gasteiger partial charge in [0.05, 0.1) is 24.0 Å². The van der Waals surface area contributed by atoms with Crippen LogP contribution in [-0.4, -0.2) is 72.4 Å². The summed E-state index contributed by atoms with van der Waals surface area (Å²) in [4.78, 5) is 19.8. The van der Waals surface area contributed by atoms with Crippen molar-refractivity contribution in [3.05, 3.63) is 24.4 Å². The lowest BCUT2D eigenvalue weighted by atomic mass is 10.3. The Labute approximate surface area is 137 Å². The van der Waals surface area contributed by atoms with Crippen LogP contribution in [0.2, 0.25) is 0 Å². The summed E-state index contributed by atoms with van der Waals surface area (Å²) in [5, 5.41) is 18.0. The number of imidazole rings is 1. The van der Waals surface area contributed by atoms with Crippen molar-refractivity contribution in [3.63, 3.8) is 0 Å². The van der Waals surface area contributed by atoms with E-state index in [0.717, 1.165) is 30.7 Å². The summed E-state index contributed by atoms with van der Waals surface area (Å²) in [7, 11) is 0. The van der Waals surface area contributed by atoms with Gasteiger partial charge in [-0.3, -0.25) is 10.00 Å². The van der Waals surface area contributed by atoms with Gasteiger partial charge in [0, 0.05) is 44.6 Å². The largest absolute Gasteiger partial charge is 0.390 e. The van der Waals surface area contributed by atoms with Crippen molar-refractivity contribution in [2.24, 2.45) is 0 Å². The molecule has 5 N–H and O–H groups in total. The molecule has 1 aliphatic heterocycles. The Bertz CT molecular complexity index is 815. The van der Waals surface area contributed by atoms with Gasteiger partial charge < -0.3 is 20.7 Å². The lowest BCUT2D eigenvalue weighted by Crippen LogP contribution is -2.34. The average molecular weight is 329 g/mol. The highest BCUT2D eigenvalue weighted by Crippen LogP contribution is 2.24. The number of hydrogen-bond donors (Lipinski definition) is 4. The zero-order valence-electron chi connectivity index (χ0n) is 13.1. The highest BCUT2D eigenvalue weighted by atomic mass is 16.3. The predicted octanol–water partition coefficient (Wildman–Crippen LogP) is -0.659. The maximum absolute atomic E-state index is 10.4. The van der Waals surface area contributed by atoms with Gasteiger partial charge >= 0.3 is 0 Å². The van der Waals surface area contributed by atoms with Gasteiger partial charge in [-0.1, -0.05) is 0 Å². The van der Waals surface area contributed by atoms with Gasteiger partial charge in [-0.2, -0.15) is 15.1 Å². The highest BCUT2D eigenvalue weighted by Gasteiger charge is 2.24. The average Bonchev–Trinajstić information content (AvgIpc) is 3.17. The molecule has 3 aromatic heterocycles. The van der Waals surface area contributed by atoms with E-state index in [1.807, 2.05) is 4.90 Å². The number of aliphatic hydroxyl groups is 1. The first-order valence-corrected chi connectivity index (χ1v) is 7.78. The van der Waals surface area contributed by atoms with E-state index in [9.17, 15) is 5.11 Å². The Morgan fingerprint density at radius 2 is 2.17 bits per heavy atom. The minimum absolute atomic E-state index is 0.190. The lowest BCUT2D eigenvalue weighted by Gasteiger charge is -2.23. The van der Waals surface area contributed by atoms with Crippen molar-refractivity contribution in [1.29, 1.82) is 0 Å². The molecule has 0 bridgehead atoms. The molecule has 0 radical (unpaired) electrons. The highest BCUT2D eigenvalue weighted by molar-refractivity contribution is 5.87. The molecule has 1 aliphatic rings. The molecule has 126 valence electrons. The van der Waals surface area contributed by atoms with Gasteiger partial charge in [0.15, 0.2) is 5.65 Å². The number of nitrogens with one attached hydrogen (secondary N) is 2. The van der Waals surface area contributed by atoms with Crippen molar-refractivity contribution < 1.29 is 5.11 Å². The summed E-state index contributed by atoms with van der Waals surface area (Å²) in [6, 6.07) is 0. The van der Waals surface area contributed by atoms with E-state index in [1.54, 1.807) is 18.7 Å². The number of aromatic amines is 2. The van der Waals surface area contributed by atoms with E-state index in [1.165, 1.54) is 0 Å². The molecule has 4 heterocycles. The Morgan fingerprint density at radius 1 is 1.25 bits per heavy atom. The first kappa shape index (κ1) is 14.8. The first-order chi connectivity index (χ1) is 11.7. The first-order valence-electron chi connectivity index (χ1n) is 7.78. The fourth-order valence-electron chi connectivity index (χ4n) is 3.08. The van der Waals surface area contributed by atoms with E-state index in [-0.39, 0.29) is 5.95 Å². The molecule has 1 fully saturated rings. The molecule has 0 spiro atoms.